The van der Waals surface area contributed by atoms with E-state index in [2.05, 4.69) is 11.1 Å². The largest absolute Gasteiger partial charge is 0.378 e. The normalized spacial score (nSPS) is 16.7. The highest BCUT2D eigenvalue weighted by molar-refractivity contribution is 5.51. The summed E-state index contributed by atoms with van der Waals surface area (Å²) in [7, 11) is 4.00. The number of aliphatic imine (C=N–C) groups is 1. The van der Waals surface area contributed by atoms with Crippen LogP contribution in [-0.2, 0) is 10.3 Å². The van der Waals surface area contributed by atoms with E-state index in [1.54, 1.807) is 6.08 Å². The standard InChI is InChI=1S/C12H14N2O/c1-14(2)11-5-3-4-10(8-11)12(6-7-12)13-9-15/h3-5,8H,6-7H2,1-2H3. The lowest BCUT2D eigenvalue weighted by molar-refractivity contribution is 0.556. The maximum Gasteiger partial charge on any atom is 0.235 e. The molecule has 1 saturated carbocycles. The highest BCUT2D eigenvalue weighted by atomic mass is 16.1. The Morgan fingerprint density at radius 3 is 2.67 bits per heavy atom. The van der Waals surface area contributed by atoms with Crippen molar-refractivity contribution in [3.05, 3.63) is 29.8 Å². The fraction of sp³-hybridized carbons (Fsp3) is 0.417. The molecule has 0 bridgehead atoms. The first kappa shape index (κ1) is 9.94. The van der Waals surface area contributed by atoms with Crippen LogP contribution in [0.3, 0.4) is 0 Å². The van der Waals surface area contributed by atoms with Crippen LogP contribution >= 0.6 is 0 Å². The molecule has 15 heavy (non-hydrogen) atoms. The number of hydrogen-bond donors (Lipinski definition) is 0. The van der Waals surface area contributed by atoms with Crippen LogP contribution in [0.15, 0.2) is 29.3 Å². The van der Waals surface area contributed by atoms with Gasteiger partial charge in [0, 0.05) is 19.8 Å². The van der Waals surface area contributed by atoms with E-state index in [4.69, 9.17) is 0 Å². The third-order valence-corrected chi connectivity index (χ3v) is 2.88. The molecule has 0 saturated heterocycles. The van der Waals surface area contributed by atoms with E-state index in [0.29, 0.717) is 0 Å². The molecule has 1 aliphatic rings. The van der Waals surface area contributed by atoms with E-state index in [9.17, 15) is 4.79 Å². The Bertz CT molecular complexity index is 415. The zero-order valence-electron chi connectivity index (χ0n) is 9.03. The minimum Gasteiger partial charge on any atom is -0.378 e. The van der Waals surface area contributed by atoms with Gasteiger partial charge in [-0.1, -0.05) is 12.1 Å². The number of carbonyl (C=O) groups excluding carboxylic acids is 1. The van der Waals surface area contributed by atoms with Crippen LogP contribution in [0.5, 0.6) is 0 Å². The van der Waals surface area contributed by atoms with Gasteiger partial charge in [0.1, 0.15) is 0 Å². The number of nitrogens with zero attached hydrogens (tertiary/aromatic N) is 2. The molecule has 0 amide bonds. The highest BCUT2D eigenvalue weighted by Gasteiger charge is 2.44. The molecule has 0 heterocycles. The molecule has 0 spiro atoms. The van der Waals surface area contributed by atoms with Crippen molar-refractivity contribution in [2.24, 2.45) is 4.99 Å². The smallest absolute Gasteiger partial charge is 0.235 e. The third-order valence-electron chi connectivity index (χ3n) is 2.88. The first-order chi connectivity index (χ1) is 7.18. The van der Waals surface area contributed by atoms with Crippen molar-refractivity contribution in [3.8, 4) is 0 Å². The lowest BCUT2D eigenvalue weighted by Gasteiger charge is -2.15. The van der Waals surface area contributed by atoms with Gasteiger partial charge in [-0.2, -0.15) is 4.99 Å². The molecule has 3 nitrogen and oxygen atoms in total. The Kier molecular flexibility index (Phi) is 2.33. The summed E-state index contributed by atoms with van der Waals surface area (Å²) in [6, 6.07) is 8.17. The molecule has 0 aromatic heterocycles. The van der Waals surface area contributed by atoms with E-state index in [1.165, 1.54) is 0 Å². The predicted octanol–water partition coefficient (Wildman–Crippen LogP) is 2.08. The number of anilines is 1. The average Bonchev–Trinajstić information content (AvgIpc) is 3.00. The van der Waals surface area contributed by atoms with Crippen molar-refractivity contribution in [3.63, 3.8) is 0 Å². The lowest BCUT2D eigenvalue weighted by Crippen LogP contribution is -2.10. The van der Waals surface area contributed by atoms with Gasteiger partial charge in [0.15, 0.2) is 0 Å². The summed E-state index contributed by atoms with van der Waals surface area (Å²) in [5.74, 6) is 0. The Morgan fingerprint density at radius 2 is 2.13 bits per heavy atom. The fourth-order valence-corrected chi connectivity index (χ4v) is 1.74. The second-order valence-electron chi connectivity index (χ2n) is 4.18. The molecule has 2 rings (SSSR count). The molecule has 0 radical (unpaired) electrons. The summed E-state index contributed by atoms with van der Waals surface area (Å²) in [6.45, 7) is 0. The third kappa shape index (κ3) is 1.79. The molecule has 0 aliphatic heterocycles. The van der Waals surface area contributed by atoms with Gasteiger partial charge in [0.05, 0.1) is 5.54 Å². The van der Waals surface area contributed by atoms with Gasteiger partial charge >= 0.3 is 0 Å². The molecule has 1 aliphatic carbocycles. The van der Waals surface area contributed by atoms with Crippen molar-refractivity contribution in [2.75, 3.05) is 19.0 Å². The van der Waals surface area contributed by atoms with Gasteiger partial charge in [-0.05, 0) is 30.5 Å². The summed E-state index contributed by atoms with van der Waals surface area (Å²) < 4.78 is 0. The van der Waals surface area contributed by atoms with E-state index < -0.39 is 0 Å². The topological polar surface area (TPSA) is 32.7 Å². The van der Waals surface area contributed by atoms with Gasteiger partial charge in [-0.15, -0.1) is 0 Å². The summed E-state index contributed by atoms with van der Waals surface area (Å²) >= 11 is 0. The fourth-order valence-electron chi connectivity index (χ4n) is 1.74. The van der Waals surface area contributed by atoms with Crippen LogP contribution in [0.25, 0.3) is 0 Å². The zero-order chi connectivity index (χ0) is 10.9. The summed E-state index contributed by atoms with van der Waals surface area (Å²) in [5.41, 5.74) is 2.00. The minimum absolute atomic E-state index is 0.256. The molecule has 78 valence electrons. The van der Waals surface area contributed by atoms with Crippen molar-refractivity contribution in [2.45, 2.75) is 18.4 Å². The molecule has 0 atom stereocenters. The summed E-state index contributed by atoms with van der Waals surface area (Å²) in [5, 5.41) is 0. The van der Waals surface area contributed by atoms with Crippen LogP contribution in [0.4, 0.5) is 5.69 Å². The van der Waals surface area contributed by atoms with Gasteiger partial charge in [-0.3, -0.25) is 0 Å². The molecular weight excluding hydrogens is 188 g/mol. The molecule has 3 heteroatoms. The summed E-state index contributed by atoms with van der Waals surface area (Å²) in [4.78, 5) is 16.3. The molecule has 1 aromatic carbocycles. The quantitative estimate of drug-likeness (QED) is 0.555. The van der Waals surface area contributed by atoms with E-state index in [0.717, 1.165) is 24.1 Å². The van der Waals surface area contributed by atoms with Crippen LogP contribution < -0.4 is 4.90 Å². The van der Waals surface area contributed by atoms with Gasteiger partial charge in [-0.25, -0.2) is 4.79 Å². The molecule has 0 unspecified atom stereocenters. The Labute approximate surface area is 89.4 Å². The molecular formula is C12H14N2O. The SMILES string of the molecule is CN(C)c1cccc(C2(N=C=O)CC2)c1. The number of isocyanates is 1. The van der Waals surface area contributed by atoms with Gasteiger partial charge in [0.2, 0.25) is 6.08 Å². The van der Waals surface area contributed by atoms with Crippen LogP contribution in [-0.4, -0.2) is 20.2 Å². The number of rotatable bonds is 3. The van der Waals surface area contributed by atoms with Gasteiger partial charge < -0.3 is 4.90 Å². The second kappa shape index (κ2) is 3.52. The van der Waals surface area contributed by atoms with Crippen molar-refractivity contribution < 1.29 is 4.79 Å². The number of hydrogen-bond acceptors (Lipinski definition) is 3. The second-order valence-corrected chi connectivity index (χ2v) is 4.18. The van der Waals surface area contributed by atoms with Crippen molar-refractivity contribution >= 4 is 11.8 Å². The highest BCUT2D eigenvalue weighted by Crippen LogP contribution is 2.49. The molecule has 0 N–H and O–H groups in total. The van der Waals surface area contributed by atoms with Gasteiger partial charge in [0.25, 0.3) is 0 Å². The van der Waals surface area contributed by atoms with Crippen molar-refractivity contribution in [1.29, 1.82) is 0 Å². The van der Waals surface area contributed by atoms with Crippen LogP contribution in [0, 0.1) is 0 Å². The summed E-state index contributed by atoms with van der Waals surface area (Å²) in [6.07, 6.45) is 3.59. The maximum absolute atomic E-state index is 10.4. The molecule has 1 aromatic rings. The van der Waals surface area contributed by atoms with Crippen LogP contribution in [0.1, 0.15) is 18.4 Å². The average molecular weight is 202 g/mol. The predicted molar refractivity (Wildman–Crippen MR) is 59.8 cm³/mol. The zero-order valence-corrected chi connectivity index (χ0v) is 9.03. The van der Waals surface area contributed by atoms with Crippen LogP contribution in [0.2, 0.25) is 0 Å². The Hall–Kier alpha value is -1.60. The van der Waals surface area contributed by atoms with Crippen molar-refractivity contribution in [1.82, 2.24) is 0 Å². The first-order valence-electron chi connectivity index (χ1n) is 5.05. The Morgan fingerprint density at radius 1 is 1.40 bits per heavy atom. The van der Waals surface area contributed by atoms with E-state index >= 15 is 0 Å². The lowest BCUT2D eigenvalue weighted by atomic mass is 10.0. The Balaban J connectivity index is 2.37. The van der Waals surface area contributed by atoms with E-state index in [-0.39, 0.29) is 5.54 Å². The van der Waals surface area contributed by atoms with E-state index in [1.807, 2.05) is 37.2 Å². The number of benzene rings is 1. The minimum atomic E-state index is -0.256. The monoisotopic (exact) mass is 202 g/mol. The molecule has 1 fully saturated rings. The maximum atomic E-state index is 10.4. The first-order valence-corrected chi connectivity index (χ1v) is 5.05.